The summed E-state index contributed by atoms with van der Waals surface area (Å²) in [5.74, 6) is 0.416. The minimum atomic E-state index is -0.592. The molecule has 0 bridgehead atoms. The van der Waals surface area contributed by atoms with Gasteiger partial charge in [0.2, 0.25) is 0 Å². The number of amides is 1. The molecule has 0 atom stereocenters. The predicted octanol–water partition coefficient (Wildman–Crippen LogP) is 2.55. The molecule has 1 aromatic carbocycles. The van der Waals surface area contributed by atoms with Gasteiger partial charge in [-0.15, -0.1) is 0 Å². The summed E-state index contributed by atoms with van der Waals surface area (Å²) in [5, 5.41) is 0. The van der Waals surface area contributed by atoms with Crippen LogP contribution in [0.25, 0.3) is 0 Å². The maximum Gasteiger partial charge on any atom is 0.270 e. The average Bonchev–Trinajstić information content (AvgIpc) is 3.00. The number of hydrogen-bond donors (Lipinski definition) is 2. The second-order valence-corrected chi connectivity index (χ2v) is 6.09. The molecular weight excluding hydrogens is 316 g/mol. The number of benzene rings is 1. The second-order valence-electron chi connectivity index (χ2n) is 6.09. The zero-order chi connectivity index (χ0) is 18.0. The van der Waals surface area contributed by atoms with Gasteiger partial charge in [-0.25, -0.2) is 9.97 Å². The molecule has 1 amide bonds. The van der Waals surface area contributed by atoms with E-state index in [-0.39, 0.29) is 5.69 Å². The van der Waals surface area contributed by atoms with Crippen LogP contribution >= 0.6 is 0 Å². The Bertz CT molecular complexity index is 908. The molecule has 2 heterocycles. The van der Waals surface area contributed by atoms with E-state index in [9.17, 15) is 4.79 Å². The summed E-state index contributed by atoms with van der Waals surface area (Å²) in [7, 11) is 0. The molecule has 0 aliphatic heterocycles. The van der Waals surface area contributed by atoms with E-state index in [0.717, 1.165) is 28.8 Å². The largest absolute Gasteiger partial charge is 0.448 e. The Morgan fingerprint density at radius 2 is 1.84 bits per heavy atom. The van der Waals surface area contributed by atoms with Gasteiger partial charge in [0, 0.05) is 12.1 Å². The zero-order valence-corrected chi connectivity index (χ0v) is 14.2. The molecule has 0 unspecified atom stereocenters. The van der Waals surface area contributed by atoms with Gasteiger partial charge in [-0.1, -0.05) is 24.3 Å². The third kappa shape index (κ3) is 3.85. The molecule has 25 heavy (non-hydrogen) atoms. The molecule has 0 aliphatic carbocycles. The number of hydrogen-bond acceptors (Lipinski definition) is 5. The Morgan fingerprint density at radius 3 is 2.48 bits per heavy atom. The van der Waals surface area contributed by atoms with E-state index in [0.29, 0.717) is 18.1 Å². The van der Waals surface area contributed by atoms with Crippen LogP contribution in [0, 0.1) is 13.8 Å². The maximum absolute atomic E-state index is 11.1. The number of carbonyl (C=O) groups excluding carboxylic acids is 1. The van der Waals surface area contributed by atoms with Crippen LogP contribution in [-0.2, 0) is 12.8 Å². The molecule has 128 valence electrons. The fourth-order valence-electron chi connectivity index (χ4n) is 2.89. The quantitative estimate of drug-likeness (QED) is 0.744. The van der Waals surface area contributed by atoms with Crippen molar-refractivity contribution < 1.29 is 9.21 Å². The minimum Gasteiger partial charge on any atom is -0.448 e. The molecule has 6 nitrogen and oxygen atoms in total. The topological polar surface area (TPSA) is 108 Å². The summed E-state index contributed by atoms with van der Waals surface area (Å²) >= 11 is 0. The van der Waals surface area contributed by atoms with Crippen LogP contribution in [0.2, 0.25) is 0 Å². The molecule has 0 spiro atoms. The molecule has 0 saturated carbocycles. The van der Waals surface area contributed by atoms with Gasteiger partial charge >= 0.3 is 0 Å². The van der Waals surface area contributed by atoms with Crippen LogP contribution in [0.1, 0.15) is 44.3 Å². The van der Waals surface area contributed by atoms with Crippen molar-refractivity contribution in [1.82, 2.24) is 9.97 Å². The van der Waals surface area contributed by atoms with Gasteiger partial charge in [0.15, 0.2) is 11.6 Å². The Hall–Kier alpha value is -3.15. The normalized spacial score (nSPS) is 10.8. The van der Waals surface area contributed by atoms with Crippen molar-refractivity contribution in [1.29, 1.82) is 0 Å². The van der Waals surface area contributed by atoms with Crippen molar-refractivity contribution in [2.45, 2.75) is 26.7 Å². The van der Waals surface area contributed by atoms with Crippen LogP contribution in [0.15, 0.2) is 41.0 Å². The van der Waals surface area contributed by atoms with Crippen LogP contribution in [-0.4, -0.2) is 15.9 Å². The van der Waals surface area contributed by atoms with Crippen molar-refractivity contribution in [3.8, 4) is 0 Å². The highest BCUT2D eigenvalue weighted by molar-refractivity contribution is 5.90. The lowest BCUT2D eigenvalue weighted by atomic mass is 9.97. The summed E-state index contributed by atoms with van der Waals surface area (Å²) in [4.78, 5) is 19.5. The van der Waals surface area contributed by atoms with Gasteiger partial charge in [-0.2, -0.15) is 0 Å². The molecule has 4 N–H and O–H groups in total. The lowest BCUT2D eigenvalue weighted by Gasteiger charge is -2.11. The number of nitrogen functional groups attached to an aromatic ring is 1. The molecule has 0 fully saturated rings. The van der Waals surface area contributed by atoms with E-state index in [1.165, 1.54) is 11.8 Å². The van der Waals surface area contributed by atoms with Crippen LogP contribution in [0.5, 0.6) is 0 Å². The van der Waals surface area contributed by atoms with Gasteiger partial charge < -0.3 is 15.9 Å². The lowest BCUT2D eigenvalue weighted by Crippen LogP contribution is -2.11. The molecule has 2 aromatic heterocycles. The fourth-order valence-corrected chi connectivity index (χ4v) is 2.89. The molecule has 0 aliphatic rings. The summed E-state index contributed by atoms with van der Waals surface area (Å²) < 4.78 is 5.30. The Labute approximate surface area is 145 Å². The third-order valence-corrected chi connectivity index (χ3v) is 4.11. The number of aryl methyl sites for hydroxylation is 2. The van der Waals surface area contributed by atoms with Crippen molar-refractivity contribution in [2.24, 2.45) is 5.73 Å². The standard InChI is InChI=1S/C19H20N4O2/c1-11-6-17(20)22-12(2)15(11)8-13-4-3-5-14(7-13)9-18-23-16(10-25-18)19(21)24/h3-7,10H,8-9H2,1-2H3,(H2,20,22)(H2,21,24). The smallest absolute Gasteiger partial charge is 0.270 e. The number of nitrogens with zero attached hydrogens (tertiary/aromatic N) is 2. The minimum absolute atomic E-state index is 0.144. The summed E-state index contributed by atoms with van der Waals surface area (Å²) in [6.07, 6.45) is 2.56. The number of aromatic nitrogens is 2. The first-order valence-corrected chi connectivity index (χ1v) is 7.97. The number of carbonyl (C=O) groups is 1. The van der Waals surface area contributed by atoms with Gasteiger partial charge in [-0.3, -0.25) is 4.79 Å². The first-order valence-electron chi connectivity index (χ1n) is 7.97. The number of anilines is 1. The number of oxazole rings is 1. The predicted molar refractivity (Wildman–Crippen MR) is 95.2 cm³/mol. The number of rotatable bonds is 5. The van der Waals surface area contributed by atoms with Gasteiger partial charge in [-0.05, 0) is 48.6 Å². The number of nitrogens with two attached hydrogens (primary N) is 2. The highest BCUT2D eigenvalue weighted by Crippen LogP contribution is 2.20. The van der Waals surface area contributed by atoms with Gasteiger partial charge in [0.05, 0.1) is 0 Å². The monoisotopic (exact) mass is 336 g/mol. The summed E-state index contributed by atoms with van der Waals surface area (Å²) in [6.45, 7) is 4.02. The van der Waals surface area contributed by atoms with Gasteiger partial charge in [0.25, 0.3) is 5.91 Å². The van der Waals surface area contributed by atoms with E-state index in [1.807, 2.05) is 32.0 Å². The Morgan fingerprint density at radius 1 is 1.12 bits per heavy atom. The van der Waals surface area contributed by atoms with E-state index in [1.54, 1.807) is 0 Å². The van der Waals surface area contributed by atoms with Crippen molar-refractivity contribution in [2.75, 3.05) is 5.73 Å². The highest BCUT2D eigenvalue weighted by Gasteiger charge is 2.11. The average molecular weight is 336 g/mol. The van der Waals surface area contributed by atoms with Crippen molar-refractivity contribution in [3.05, 3.63) is 76.1 Å². The Kier molecular flexibility index (Phi) is 4.52. The summed E-state index contributed by atoms with van der Waals surface area (Å²) in [6, 6.07) is 10.1. The molecule has 6 heteroatoms. The molecule has 3 aromatic rings. The third-order valence-electron chi connectivity index (χ3n) is 4.11. The fraction of sp³-hybridized carbons (Fsp3) is 0.211. The van der Waals surface area contributed by atoms with Crippen molar-refractivity contribution >= 4 is 11.7 Å². The first-order chi connectivity index (χ1) is 11.9. The SMILES string of the molecule is Cc1cc(N)nc(C)c1Cc1cccc(Cc2nc(C(N)=O)co2)c1. The second kappa shape index (κ2) is 6.76. The van der Waals surface area contributed by atoms with Gasteiger partial charge in [0.1, 0.15) is 12.1 Å². The first kappa shape index (κ1) is 16.7. The van der Waals surface area contributed by atoms with Crippen LogP contribution < -0.4 is 11.5 Å². The molecule has 3 rings (SSSR count). The zero-order valence-electron chi connectivity index (χ0n) is 14.2. The van der Waals surface area contributed by atoms with E-state index < -0.39 is 5.91 Å². The van der Waals surface area contributed by atoms with E-state index in [2.05, 4.69) is 22.1 Å². The maximum atomic E-state index is 11.1. The van der Waals surface area contributed by atoms with E-state index >= 15 is 0 Å². The molecular formula is C19H20N4O2. The van der Waals surface area contributed by atoms with E-state index in [4.69, 9.17) is 15.9 Å². The summed E-state index contributed by atoms with van der Waals surface area (Å²) in [5.41, 5.74) is 16.6. The van der Waals surface area contributed by atoms with Crippen LogP contribution in [0.3, 0.4) is 0 Å². The van der Waals surface area contributed by atoms with Crippen LogP contribution in [0.4, 0.5) is 5.82 Å². The Balaban J connectivity index is 1.81. The lowest BCUT2D eigenvalue weighted by molar-refractivity contribution is 0.0995. The number of pyridine rings is 1. The molecule has 0 saturated heterocycles. The molecule has 0 radical (unpaired) electrons. The number of primary amides is 1. The highest BCUT2D eigenvalue weighted by atomic mass is 16.3. The van der Waals surface area contributed by atoms with Crippen molar-refractivity contribution in [3.63, 3.8) is 0 Å².